The van der Waals surface area contributed by atoms with Gasteiger partial charge in [0.15, 0.2) is 5.11 Å². The highest BCUT2D eigenvalue weighted by Gasteiger charge is 2.35. The molecule has 1 fully saturated rings. The van der Waals surface area contributed by atoms with Gasteiger partial charge in [-0.2, -0.15) is 5.26 Å². The van der Waals surface area contributed by atoms with Crippen LogP contribution in [0.4, 0.5) is 5.69 Å². The molecular formula is C28H26N4O2S2. The summed E-state index contributed by atoms with van der Waals surface area (Å²) in [4.78, 5) is 29.2. The van der Waals surface area contributed by atoms with Gasteiger partial charge in [0.1, 0.15) is 16.6 Å². The Bertz CT molecular complexity index is 1500. The zero-order chi connectivity index (χ0) is 25.6. The summed E-state index contributed by atoms with van der Waals surface area (Å²) < 4.78 is 2.08. The van der Waals surface area contributed by atoms with E-state index in [0.29, 0.717) is 5.69 Å². The summed E-state index contributed by atoms with van der Waals surface area (Å²) in [6.07, 6.45) is 6.57. The van der Waals surface area contributed by atoms with Gasteiger partial charge in [-0.3, -0.25) is 19.8 Å². The van der Waals surface area contributed by atoms with Crippen LogP contribution in [0.2, 0.25) is 0 Å². The number of nitriles is 1. The van der Waals surface area contributed by atoms with E-state index in [2.05, 4.69) is 16.0 Å². The number of aromatic nitrogens is 1. The molecular weight excluding hydrogens is 488 g/mol. The first-order valence-electron chi connectivity index (χ1n) is 12.1. The second kappa shape index (κ2) is 9.49. The van der Waals surface area contributed by atoms with Crippen LogP contribution in [0.15, 0.2) is 35.9 Å². The Morgan fingerprint density at radius 2 is 1.94 bits per heavy atom. The third-order valence-corrected chi connectivity index (χ3v) is 8.51. The third-order valence-electron chi connectivity index (χ3n) is 6.95. The lowest BCUT2D eigenvalue weighted by atomic mass is 9.96. The van der Waals surface area contributed by atoms with Crippen LogP contribution in [0.3, 0.4) is 0 Å². The Kier molecular flexibility index (Phi) is 6.37. The van der Waals surface area contributed by atoms with Crippen LogP contribution in [-0.4, -0.2) is 21.5 Å². The monoisotopic (exact) mass is 514 g/mol. The zero-order valence-corrected chi connectivity index (χ0v) is 22.1. The van der Waals surface area contributed by atoms with Crippen LogP contribution in [0.25, 0.3) is 11.1 Å². The number of hydrogen-bond donors (Lipinski definition) is 1. The lowest BCUT2D eigenvalue weighted by Gasteiger charge is -2.30. The number of hydrogen-bond acceptors (Lipinski definition) is 5. The van der Waals surface area contributed by atoms with Gasteiger partial charge in [-0.15, -0.1) is 11.3 Å². The number of nitrogens with one attached hydrogen (secondary N) is 1. The quantitative estimate of drug-likeness (QED) is 0.291. The van der Waals surface area contributed by atoms with Crippen LogP contribution < -0.4 is 10.2 Å². The molecule has 5 rings (SSSR count). The molecule has 2 aromatic heterocycles. The second-order valence-electron chi connectivity index (χ2n) is 9.10. The predicted molar refractivity (Wildman–Crippen MR) is 147 cm³/mol. The molecule has 182 valence electrons. The Hall–Kier alpha value is -3.54. The fourth-order valence-electron chi connectivity index (χ4n) is 5.13. The Balaban J connectivity index is 1.59. The second-order valence-corrected chi connectivity index (χ2v) is 10.6. The van der Waals surface area contributed by atoms with Crippen LogP contribution in [-0.2, 0) is 28.9 Å². The number of carbonyl (C=O) groups excluding carboxylic acids is 2. The standard InChI is InChI=1S/C28H26N4O2S2/c1-4-18-9-5-7-11-23(18)32-26(34)21(25(33)30-28(32)35)14-19-13-16(2)31(17(19)3)27-22(15-29)20-10-6-8-12-24(20)36-27/h5,7,9,11,13-14H,4,6,8,10,12H2,1-3H3,(H,30,33,35)/b21-14+. The topological polar surface area (TPSA) is 78.1 Å². The summed E-state index contributed by atoms with van der Waals surface area (Å²) in [5.41, 5.74) is 6.18. The maximum absolute atomic E-state index is 13.6. The number of benzene rings is 1. The Morgan fingerprint density at radius 3 is 2.69 bits per heavy atom. The van der Waals surface area contributed by atoms with Crippen LogP contribution in [0, 0.1) is 25.2 Å². The van der Waals surface area contributed by atoms with Gasteiger partial charge in [0, 0.05) is 16.3 Å². The lowest BCUT2D eigenvalue weighted by Crippen LogP contribution is -2.54. The minimum absolute atomic E-state index is 0.0285. The fraction of sp³-hybridized carbons (Fsp3) is 0.286. The van der Waals surface area contributed by atoms with Crippen molar-refractivity contribution in [2.75, 3.05) is 4.90 Å². The highest BCUT2D eigenvalue weighted by molar-refractivity contribution is 7.80. The molecule has 0 saturated carbocycles. The van der Waals surface area contributed by atoms with E-state index in [1.54, 1.807) is 17.4 Å². The highest BCUT2D eigenvalue weighted by atomic mass is 32.1. The molecule has 0 radical (unpaired) electrons. The molecule has 0 spiro atoms. The number of aryl methyl sites for hydroxylation is 3. The van der Waals surface area contributed by atoms with E-state index < -0.39 is 11.8 Å². The molecule has 1 aliphatic carbocycles. The summed E-state index contributed by atoms with van der Waals surface area (Å²) in [5.74, 6) is -0.955. The number of amides is 2. The molecule has 0 atom stereocenters. The third kappa shape index (κ3) is 3.89. The van der Waals surface area contributed by atoms with E-state index in [9.17, 15) is 14.9 Å². The molecule has 6 nitrogen and oxygen atoms in total. The Morgan fingerprint density at radius 1 is 1.19 bits per heavy atom. The lowest BCUT2D eigenvalue weighted by molar-refractivity contribution is -0.122. The van der Waals surface area contributed by atoms with Gasteiger partial charge in [0.25, 0.3) is 11.8 Å². The maximum Gasteiger partial charge on any atom is 0.270 e. The maximum atomic E-state index is 13.6. The van der Waals surface area contributed by atoms with Crippen molar-refractivity contribution in [3.8, 4) is 11.1 Å². The number of thiophene rings is 1. The molecule has 1 N–H and O–H groups in total. The normalized spacial score (nSPS) is 16.8. The molecule has 0 unspecified atom stereocenters. The SMILES string of the molecule is CCc1ccccc1N1C(=O)/C(=C/c2cc(C)n(-c3sc4c(c3C#N)CCCC4)c2C)C(=O)NC1=S. The zero-order valence-electron chi connectivity index (χ0n) is 20.5. The van der Waals surface area contributed by atoms with Gasteiger partial charge in [-0.05, 0) is 93.1 Å². The fourth-order valence-corrected chi connectivity index (χ4v) is 6.85. The summed E-state index contributed by atoms with van der Waals surface area (Å²) in [5, 5.41) is 13.6. The van der Waals surface area contributed by atoms with Crippen LogP contribution in [0.1, 0.15) is 58.3 Å². The molecule has 1 aliphatic heterocycles. The van der Waals surface area contributed by atoms with Crippen molar-refractivity contribution in [2.24, 2.45) is 0 Å². The van der Waals surface area contributed by atoms with E-state index in [0.717, 1.165) is 65.2 Å². The van der Waals surface area contributed by atoms with Crippen LogP contribution >= 0.6 is 23.6 Å². The number of carbonyl (C=O) groups is 2. The summed E-state index contributed by atoms with van der Waals surface area (Å²) in [6.45, 7) is 5.95. The molecule has 1 saturated heterocycles. The van der Waals surface area contributed by atoms with Crippen molar-refractivity contribution in [3.05, 3.63) is 74.4 Å². The predicted octanol–water partition coefficient (Wildman–Crippen LogP) is 5.30. The molecule has 8 heteroatoms. The van der Waals surface area contributed by atoms with Crippen molar-refractivity contribution in [2.45, 2.75) is 52.9 Å². The average molecular weight is 515 g/mol. The van der Waals surface area contributed by atoms with Gasteiger partial charge in [0.2, 0.25) is 0 Å². The van der Waals surface area contributed by atoms with Gasteiger partial charge in [0.05, 0.1) is 11.3 Å². The van der Waals surface area contributed by atoms with E-state index >= 15 is 0 Å². The van der Waals surface area contributed by atoms with Gasteiger partial charge in [-0.1, -0.05) is 25.1 Å². The molecule has 3 heterocycles. The summed E-state index contributed by atoms with van der Waals surface area (Å²) in [7, 11) is 0. The van der Waals surface area contributed by atoms with E-state index in [4.69, 9.17) is 12.2 Å². The number of thiocarbonyl (C=S) groups is 1. The van der Waals surface area contributed by atoms with E-state index in [-0.39, 0.29) is 10.7 Å². The largest absolute Gasteiger partial charge is 0.308 e. The average Bonchev–Trinajstić information content (AvgIpc) is 3.37. The number of fused-ring (bicyclic) bond motifs is 1. The van der Waals surface area contributed by atoms with E-state index in [1.807, 2.05) is 51.1 Å². The van der Waals surface area contributed by atoms with Crippen LogP contribution in [0.5, 0.6) is 0 Å². The first-order valence-corrected chi connectivity index (χ1v) is 13.3. The number of rotatable bonds is 4. The van der Waals surface area contributed by atoms with Gasteiger partial charge < -0.3 is 4.57 Å². The number of para-hydroxylation sites is 1. The van der Waals surface area contributed by atoms with Gasteiger partial charge in [-0.25, -0.2) is 0 Å². The minimum Gasteiger partial charge on any atom is -0.308 e. The molecule has 2 aliphatic rings. The molecule has 36 heavy (non-hydrogen) atoms. The Labute approximate surface area is 219 Å². The minimum atomic E-state index is -0.510. The van der Waals surface area contributed by atoms with Crippen molar-refractivity contribution in [1.82, 2.24) is 9.88 Å². The van der Waals surface area contributed by atoms with Crippen molar-refractivity contribution in [1.29, 1.82) is 5.26 Å². The molecule has 2 amide bonds. The first kappa shape index (κ1) is 24.2. The van der Waals surface area contributed by atoms with Crippen molar-refractivity contribution >= 4 is 52.2 Å². The summed E-state index contributed by atoms with van der Waals surface area (Å²) in [6, 6.07) is 12.0. The molecule has 0 bridgehead atoms. The van der Waals surface area contributed by atoms with Crippen molar-refractivity contribution < 1.29 is 9.59 Å². The van der Waals surface area contributed by atoms with Gasteiger partial charge >= 0.3 is 0 Å². The highest BCUT2D eigenvalue weighted by Crippen LogP contribution is 2.38. The first-order chi connectivity index (χ1) is 17.3. The number of anilines is 1. The molecule has 3 aromatic rings. The van der Waals surface area contributed by atoms with E-state index in [1.165, 1.54) is 15.3 Å². The molecule has 1 aromatic carbocycles. The number of nitrogens with zero attached hydrogens (tertiary/aromatic N) is 3. The van der Waals surface area contributed by atoms with Crippen molar-refractivity contribution in [3.63, 3.8) is 0 Å². The summed E-state index contributed by atoms with van der Waals surface area (Å²) >= 11 is 7.06. The smallest absolute Gasteiger partial charge is 0.270 e.